The first-order valence-electron chi connectivity index (χ1n) is 10.9. The smallest absolute Gasteiger partial charge is 0.253 e. The Morgan fingerprint density at radius 1 is 0.906 bits per heavy atom. The van der Waals surface area contributed by atoms with Crippen molar-refractivity contribution in [2.24, 2.45) is 0 Å². The van der Waals surface area contributed by atoms with Gasteiger partial charge in [0.2, 0.25) is 0 Å². The molecular formula is C25H29N5O2. The summed E-state index contributed by atoms with van der Waals surface area (Å²) in [6.07, 6.45) is 1.47. The van der Waals surface area contributed by atoms with Crippen molar-refractivity contribution >= 4 is 28.5 Å². The van der Waals surface area contributed by atoms with Gasteiger partial charge in [-0.2, -0.15) is 0 Å². The van der Waals surface area contributed by atoms with E-state index in [0.29, 0.717) is 24.2 Å². The molecule has 7 nitrogen and oxygen atoms in total. The predicted molar refractivity (Wildman–Crippen MR) is 126 cm³/mol. The molecule has 1 aliphatic heterocycles. The monoisotopic (exact) mass is 431 g/mol. The lowest BCUT2D eigenvalue weighted by Gasteiger charge is -2.32. The van der Waals surface area contributed by atoms with Crippen molar-refractivity contribution in [1.29, 1.82) is 0 Å². The number of carbonyl (C=O) groups is 2. The molecule has 0 bridgehead atoms. The normalized spacial score (nSPS) is 14.4. The Hall–Kier alpha value is -3.48. The second kappa shape index (κ2) is 8.94. The van der Waals surface area contributed by atoms with E-state index in [9.17, 15) is 9.59 Å². The Morgan fingerprint density at radius 2 is 1.50 bits per heavy atom. The van der Waals surface area contributed by atoms with Gasteiger partial charge < -0.3 is 15.1 Å². The Morgan fingerprint density at radius 3 is 2.12 bits per heavy atom. The first-order chi connectivity index (χ1) is 15.3. The van der Waals surface area contributed by atoms with Gasteiger partial charge in [0, 0.05) is 50.0 Å². The summed E-state index contributed by atoms with van der Waals surface area (Å²) in [6.45, 7) is 5.10. The molecule has 1 aliphatic rings. The molecule has 7 heteroatoms. The Bertz CT molecular complexity index is 1150. The fourth-order valence-corrected chi connectivity index (χ4v) is 3.95. The molecule has 3 aromatic rings. The standard InChI is InChI=1S/C25H29N5O2/c1-16-17(2)27-23-15-19(7-10-22(23)26-16)24(31)28-20-11-13-30(14-12-20)25(32)18-5-8-21(9-6-18)29(3)4/h5-10,15,20H,11-14H2,1-4H3,(H,28,31). The largest absolute Gasteiger partial charge is 0.378 e. The number of rotatable bonds is 4. The predicted octanol–water partition coefficient (Wildman–Crippen LogP) is 3.35. The molecule has 1 N–H and O–H groups in total. The molecule has 32 heavy (non-hydrogen) atoms. The van der Waals surface area contributed by atoms with Crippen LogP contribution in [-0.2, 0) is 0 Å². The fraction of sp³-hybridized carbons (Fsp3) is 0.360. The molecule has 0 atom stereocenters. The maximum Gasteiger partial charge on any atom is 0.253 e. The summed E-state index contributed by atoms with van der Waals surface area (Å²) in [5.74, 6) is -0.0742. The maximum atomic E-state index is 12.8. The minimum atomic E-state index is -0.115. The second-order valence-electron chi connectivity index (χ2n) is 8.58. The number of nitrogens with one attached hydrogen (secondary N) is 1. The number of likely N-dealkylation sites (tertiary alicyclic amines) is 1. The lowest BCUT2D eigenvalue weighted by molar-refractivity contribution is 0.0698. The van der Waals surface area contributed by atoms with E-state index in [1.807, 2.05) is 68.1 Å². The Labute approximate surface area is 188 Å². The maximum absolute atomic E-state index is 12.8. The van der Waals surface area contributed by atoms with Crippen molar-refractivity contribution in [3.63, 3.8) is 0 Å². The Kier molecular flexibility index (Phi) is 6.08. The lowest BCUT2D eigenvalue weighted by Crippen LogP contribution is -2.46. The molecule has 0 unspecified atom stereocenters. The van der Waals surface area contributed by atoms with Gasteiger partial charge in [0.25, 0.3) is 11.8 Å². The third kappa shape index (κ3) is 4.56. The van der Waals surface area contributed by atoms with Crippen LogP contribution < -0.4 is 10.2 Å². The van der Waals surface area contributed by atoms with Crippen LogP contribution in [0.2, 0.25) is 0 Å². The number of aryl methyl sites for hydroxylation is 2. The molecule has 2 amide bonds. The van der Waals surface area contributed by atoms with Crippen LogP contribution in [0.15, 0.2) is 42.5 Å². The first kappa shape index (κ1) is 21.7. The van der Waals surface area contributed by atoms with Gasteiger partial charge in [-0.05, 0) is 69.2 Å². The van der Waals surface area contributed by atoms with Crippen molar-refractivity contribution < 1.29 is 9.59 Å². The number of benzene rings is 2. The molecule has 0 saturated carbocycles. The summed E-state index contributed by atoms with van der Waals surface area (Å²) in [5.41, 5.74) is 5.60. The highest BCUT2D eigenvalue weighted by molar-refractivity contribution is 5.97. The van der Waals surface area contributed by atoms with Crippen LogP contribution in [-0.4, -0.2) is 59.9 Å². The van der Waals surface area contributed by atoms with Crippen molar-refractivity contribution in [2.45, 2.75) is 32.7 Å². The van der Waals surface area contributed by atoms with Gasteiger partial charge in [-0.25, -0.2) is 9.97 Å². The molecule has 1 fully saturated rings. The van der Waals surface area contributed by atoms with Crippen molar-refractivity contribution in [3.8, 4) is 0 Å². The summed E-state index contributed by atoms with van der Waals surface area (Å²) in [5, 5.41) is 3.11. The van der Waals surface area contributed by atoms with Gasteiger partial charge in [0.15, 0.2) is 0 Å². The number of hydrogen-bond donors (Lipinski definition) is 1. The van der Waals surface area contributed by atoms with Crippen LogP contribution in [0.1, 0.15) is 44.9 Å². The van der Waals surface area contributed by atoms with E-state index < -0.39 is 0 Å². The van der Waals surface area contributed by atoms with Crippen LogP contribution in [0, 0.1) is 13.8 Å². The summed E-state index contributed by atoms with van der Waals surface area (Å²) < 4.78 is 0. The average molecular weight is 432 g/mol. The van der Waals surface area contributed by atoms with Gasteiger partial charge in [0.05, 0.1) is 22.4 Å². The van der Waals surface area contributed by atoms with Crippen molar-refractivity contribution in [2.75, 3.05) is 32.1 Å². The number of hydrogen-bond acceptors (Lipinski definition) is 5. The summed E-state index contributed by atoms with van der Waals surface area (Å²) in [4.78, 5) is 38.5. The minimum Gasteiger partial charge on any atom is -0.378 e. The van der Waals surface area contributed by atoms with E-state index >= 15 is 0 Å². The molecule has 166 valence electrons. The minimum absolute atomic E-state index is 0.0406. The number of amides is 2. The number of carbonyl (C=O) groups excluding carboxylic acids is 2. The Balaban J connectivity index is 1.35. The first-order valence-corrected chi connectivity index (χ1v) is 10.9. The van der Waals surface area contributed by atoms with E-state index in [4.69, 9.17) is 0 Å². The quantitative estimate of drug-likeness (QED) is 0.685. The van der Waals surface area contributed by atoms with Gasteiger partial charge in [0.1, 0.15) is 0 Å². The number of piperidine rings is 1. The molecule has 1 aromatic heterocycles. The fourth-order valence-electron chi connectivity index (χ4n) is 3.95. The van der Waals surface area contributed by atoms with Crippen LogP contribution >= 0.6 is 0 Å². The van der Waals surface area contributed by atoms with E-state index in [1.165, 1.54) is 0 Å². The zero-order valence-electron chi connectivity index (χ0n) is 19.1. The van der Waals surface area contributed by atoms with E-state index in [1.54, 1.807) is 12.1 Å². The molecule has 2 heterocycles. The summed E-state index contributed by atoms with van der Waals surface area (Å²) >= 11 is 0. The highest BCUT2D eigenvalue weighted by Crippen LogP contribution is 2.19. The number of aromatic nitrogens is 2. The van der Waals surface area contributed by atoms with Gasteiger partial charge in [-0.1, -0.05) is 0 Å². The van der Waals surface area contributed by atoms with Crippen LogP contribution in [0.5, 0.6) is 0 Å². The highest BCUT2D eigenvalue weighted by atomic mass is 16.2. The van der Waals surface area contributed by atoms with E-state index in [2.05, 4.69) is 15.3 Å². The molecule has 0 aliphatic carbocycles. The number of nitrogens with zero attached hydrogens (tertiary/aromatic N) is 4. The molecule has 4 rings (SSSR count). The molecule has 0 radical (unpaired) electrons. The lowest BCUT2D eigenvalue weighted by atomic mass is 10.0. The van der Waals surface area contributed by atoms with Gasteiger partial charge in [-0.3, -0.25) is 9.59 Å². The van der Waals surface area contributed by atoms with Gasteiger partial charge >= 0.3 is 0 Å². The van der Waals surface area contributed by atoms with Crippen LogP contribution in [0.25, 0.3) is 11.0 Å². The third-order valence-electron chi connectivity index (χ3n) is 6.09. The third-order valence-corrected chi connectivity index (χ3v) is 6.09. The van der Waals surface area contributed by atoms with Gasteiger partial charge in [-0.15, -0.1) is 0 Å². The highest BCUT2D eigenvalue weighted by Gasteiger charge is 2.25. The average Bonchev–Trinajstić information content (AvgIpc) is 2.79. The van der Waals surface area contributed by atoms with Crippen molar-refractivity contribution in [3.05, 3.63) is 65.0 Å². The molecule has 0 spiro atoms. The zero-order chi connectivity index (χ0) is 22.8. The topological polar surface area (TPSA) is 78.4 Å². The van der Waals surface area contributed by atoms with E-state index in [0.717, 1.165) is 41.0 Å². The number of fused-ring (bicyclic) bond motifs is 1. The van der Waals surface area contributed by atoms with Crippen LogP contribution in [0.4, 0.5) is 5.69 Å². The molecule has 2 aromatic carbocycles. The molecular weight excluding hydrogens is 402 g/mol. The summed E-state index contributed by atoms with van der Waals surface area (Å²) in [7, 11) is 3.95. The van der Waals surface area contributed by atoms with Crippen molar-refractivity contribution in [1.82, 2.24) is 20.2 Å². The zero-order valence-corrected chi connectivity index (χ0v) is 19.1. The summed E-state index contributed by atoms with van der Waals surface area (Å²) in [6, 6.07) is 13.1. The number of anilines is 1. The van der Waals surface area contributed by atoms with E-state index in [-0.39, 0.29) is 17.9 Å². The molecule has 1 saturated heterocycles. The van der Waals surface area contributed by atoms with Crippen LogP contribution in [0.3, 0.4) is 0 Å². The SMILES string of the molecule is Cc1nc2ccc(C(=O)NC3CCN(C(=O)c4ccc(N(C)C)cc4)CC3)cc2nc1C. The second-order valence-corrected chi connectivity index (χ2v) is 8.58.